The summed E-state index contributed by atoms with van der Waals surface area (Å²) in [4.78, 5) is 11.4. The Morgan fingerprint density at radius 2 is 1.94 bits per heavy atom. The lowest BCUT2D eigenvalue weighted by molar-refractivity contribution is -0.416. The number of fused-ring (bicyclic) bond motifs is 1. The van der Waals surface area contributed by atoms with Gasteiger partial charge < -0.3 is 28.8 Å². The Bertz CT molecular complexity index is 1110. The van der Waals surface area contributed by atoms with E-state index in [0.29, 0.717) is 13.0 Å². The van der Waals surface area contributed by atoms with E-state index in [1.165, 1.54) is 10.9 Å². The Morgan fingerprint density at radius 3 is 2.61 bits per heavy atom. The number of aromatic nitrogens is 3. The second kappa shape index (κ2) is 9.38. The minimum Gasteiger partial charge on any atom is -0.480 e. The first-order valence-electron chi connectivity index (χ1n) is 11.6. The van der Waals surface area contributed by atoms with Crippen molar-refractivity contribution in [3.05, 3.63) is 35.8 Å². The van der Waals surface area contributed by atoms with Gasteiger partial charge in [0.25, 0.3) is 0 Å². The summed E-state index contributed by atoms with van der Waals surface area (Å²) >= 11 is 0. The third kappa shape index (κ3) is 4.61. The zero-order valence-corrected chi connectivity index (χ0v) is 19.7. The average Bonchev–Trinajstić information content (AvgIpc) is 3.31. The van der Waals surface area contributed by atoms with E-state index in [9.17, 15) is 23.1 Å². The zero-order chi connectivity index (χ0) is 25.7. The number of aliphatic carboxylic acids is 1. The molecular formula is C23H26F3N3O7. The van der Waals surface area contributed by atoms with Crippen molar-refractivity contribution < 1.29 is 46.8 Å². The fourth-order valence-corrected chi connectivity index (χ4v) is 5.00. The lowest BCUT2D eigenvalue weighted by atomic mass is 9.85. The monoisotopic (exact) mass is 513 g/mol. The van der Waals surface area contributed by atoms with Crippen LogP contribution in [-0.2, 0) is 28.5 Å². The van der Waals surface area contributed by atoms with E-state index in [1.807, 2.05) is 0 Å². The minimum atomic E-state index is -1.59. The summed E-state index contributed by atoms with van der Waals surface area (Å²) in [5.74, 6) is -7.80. The molecule has 5 atom stereocenters. The van der Waals surface area contributed by atoms with Crippen molar-refractivity contribution in [1.82, 2.24) is 15.0 Å². The Morgan fingerprint density at radius 1 is 1.19 bits per heavy atom. The summed E-state index contributed by atoms with van der Waals surface area (Å²) in [5, 5.41) is 17.5. The fourth-order valence-electron chi connectivity index (χ4n) is 5.00. The minimum absolute atomic E-state index is 0.0267. The number of hydrogen-bond acceptors (Lipinski definition) is 8. The van der Waals surface area contributed by atoms with Gasteiger partial charge in [0.1, 0.15) is 36.7 Å². The molecule has 2 aromatic rings. The van der Waals surface area contributed by atoms with Crippen LogP contribution in [0.15, 0.2) is 18.3 Å². The van der Waals surface area contributed by atoms with Crippen molar-refractivity contribution in [3.63, 3.8) is 0 Å². The molecule has 0 radical (unpaired) electrons. The predicted molar refractivity (Wildman–Crippen MR) is 114 cm³/mol. The molecule has 1 spiro atoms. The second-order valence-electron chi connectivity index (χ2n) is 9.52. The maximum absolute atomic E-state index is 13.9. The summed E-state index contributed by atoms with van der Waals surface area (Å²) < 4.78 is 72.9. The molecule has 0 saturated carbocycles. The van der Waals surface area contributed by atoms with Gasteiger partial charge in [-0.3, -0.25) is 0 Å². The molecule has 3 fully saturated rings. The van der Waals surface area contributed by atoms with Crippen LogP contribution in [0.4, 0.5) is 13.2 Å². The fraction of sp³-hybridized carbons (Fsp3) is 0.609. The Labute approximate surface area is 204 Å². The van der Waals surface area contributed by atoms with Crippen LogP contribution in [0.2, 0.25) is 0 Å². The highest BCUT2D eigenvalue weighted by atomic mass is 19.2. The Hall–Kier alpha value is -2.58. The molecule has 1 aromatic heterocycles. The SMILES string of the molecule is CC1(C)OC[C@H]2O[C@@]3(CCCCO3)[C@H](OCC(=O)O)[C@@H](n3cc(-c4cc(F)c(F)c(F)c4)nn3)[C@H]2O1. The van der Waals surface area contributed by atoms with E-state index in [-0.39, 0.29) is 17.9 Å². The predicted octanol–water partition coefficient (Wildman–Crippen LogP) is 2.82. The first kappa shape index (κ1) is 25.1. The highest BCUT2D eigenvalue weighted by molar-refractivity contribution is 5.68. The van der Waals surface area contributed by atoms with Crippen LogP contribution in [0.1, 0.15) is 39.2 Å². The lowest BCUT2D eigenvalue weighted by Gasteiger charge is -2.56. The highest BCUT2D eigenvalue weighted by Crippen LogP contribution is 2.47. The molecule has 0 unspecified atom stereocenters. The topological polar surface area (TPSA) is 114 Å². The van der Waals surface area contributed by atoms with E-state index in [2.05, 4.69) is 10.3 Å². The Kier molecular flexibility index (Phi) is 6.53. The molecule has 3 saturated heterocycles. The van der Waals surface area contributed by atoms with Crippen LogP contribution in [0.5, 0.6) is 0 Å². The molecule has 3 aliphatic heterocycles. The first-order valence-corrected chi connectivity index (χ1v) is 11.6. The quantitative estimate of drug-likeness (QED) is 0.603. The number of carboxylic acids is 1. The number of hydrogen-bond donors (Lipinski definition) is 1. The second-order valence-corrected chi connectivity index (χ2v) is 9.52. The number of nitrogens with zero attached hydrogens (tertiary/aromatic N) is 3. The van der Waals surface area contributed by atoms with Crippen molar-refractivity contribution in [2.24, 2.45) is 0 Å². The van der Waals surface area contributed by atoms with Crippen molar-refractivity contribution in [3.8, 4) is 11.3 Å². The maximum atomic E-state index is 13.9. The number of benzene rings is 1. The van der Waals surface area contributed by atoms with Crippen LogP contribution in [0.3, 0.4) is 0 Å². The van der Waals surface area contributed by atoms with Gasteiger partial charge in [-0.1, -0.05) is 5.21 Å². The van der Waals surface area contributed by atoms with Crippen molar-refractivity contribution in [1.29, 1.82) is 0 Å². The third-order valence-electron chi connectivity index (χ3n) is 6.56. The zero-order valence-electron chi connectivity index (χ0n) is 19.7. The largest absolute Gasteiger partial charge is 0.480 e. The van der Waals surface area contributed by atoms with Gasteiger partial charge in [0.05, 0.1) is 19.4 Å². The highest BCUT2D eigenvalue weighted by Gasteiger charge is 2.61. The summed E-state index contributed by atoms with van der Waals surface area (Å²) in [6, 6.07) is 0.830. The van der Waals surface area contributed by atoms with Crippen LogP contribution < -0.4 is 0 Å². The average molecular weight is 513 g/mol. The summed E-state index contributed by atoms with van der Waals surface area (Å²) in [6.45, 7) is 3.36. The maximum Gasteiger partial charge on any atom is 0.329 e. The number of ether oxygens (including phenoxy) is 5. The van der Waals surface area contributed by atoms with Crippen LogP contribution in [0, 0.1) is 17.5 Å². The van der Waals surface area contributed by atoms with Crippen LogP contribution in [-0.4, -0.2) is 75.8 Å². The van der Waals surface area contributed by atoms with E-state index >= 15 is 0 Å². The molecule has 4 heterocycles. The van der Waals surface area contributed by atoms with E-state index in [0.717, 1.165) is 25.0 Å². The molecule has 0 aliphatic carbocycles. The molecule has 196 valence electrons. The van der Waals surface area contributed by atoms with Gasteiger partial charge in [-0.15, -0.1) is 5.10 Å². The van der Waals surface area contributed by atoms with Gasteiger partial charge in [-0.05, 0) is 38.8 Å². The van der Waals surface area contributed by atoms with Crippen molar-refractivity contribution >= 4 is 5.97 Å². The van der Waals surface area contributed by atoms with Gasteiger partial charge in [0.2, 0.25) is 0 Å². The first-order chi connectivity index (χ1) is 17.1. The molecule has 13 heteroatoms. The molecule has 0 amide bonds. The lowest BCUT2D eigenvalue weighted by Crippen LogP contribution is -2.68. The Balaban J connectivity index is 1.58. The summed E-state index contributed by atoms with van der Waals surface area (Å²) in [5.41, 5.74) is 0.0406. The molecule has 5 rings (SSSR count). The number of carboxylic acid groups (broad SMARTS) is 1. The smallest absolute Gasteiger partial charge is 0.329 e. The van der Waals surface area contributed by atoms with Gasteiger partial charge in [-0.2, -0.15) is 0 Å². The number of halogens is 3. The van der Waals surface area contributed by atoms with Gasteiger partial charge in [-0.25, -0.2) is 22.6 Å². The van der Waals surface area contributed by atoms with Crippen LogP contribution in [0.25, 0.3) is 11.3 Å². The molecular weight excluding hydrogens is 487 g/mol. The standard InChI is InChI=1S/C23H26F3N3O7/c1-22(2)34-10-16-20(36-22)19(21(32-11-17(30)31)23(35-16)5-3-4-6-33-23)29-9-15(27-28-29)12-7-13(24)18(26)14(25)8-12/h7-9,16,19-21H,3-6,10-11H2,1-2H3,(H,30,31)/t16-,19+,20+,21-,23+/m1/s1. The van der Waals surface area contributed by atoms with Gasteiger partial charge in [0.15, 0.2) is 29.0 Å². The number of rotatable bonds is 5. The van der Waals surface area contributed by atoms with E-state index < -0.39 is 66.0 Å². The molecule has 1 aromatic carbocycles. The molecule has 36 heavy (non-hydrogen) atoms. The van der Waals surface area contributed by atoms with Crippen LogP contribution >= 0.6 is 0 Å². The van der Waals surface area contributed by atoms with E-state index in [1.54, 1.807) is 13.8 Å². The van der Waals surface area contributed by atoms with E-state index in [4.69, 9.17) is 23.7 Å². The molecule has 10 nitrogen and oxygen atoms in total. The van der Waals surface area contributed by atoms with Crippen molar-refractivity contribution in [2.45, 2.75) is 69.0 Å². The van der Waals surface area contributed by atoms with Gasteiger partial charge in [0, 0.05) is 12.0 Å². The van der Waals surface area contributed by atoms with Crippen molar-refractivity contribution in [2.75, 3.05) is 19.8 Å². The summed E-state index contributed by atoms with van der Waals surface area (Å²) in [6.07, 6.45) is 1.07. The molecule has 3 aliphatic rings. The third-order valence-corrected chi connectivity index (χ3v) is 6.56. The molecule has 0 bridgehead atoms. The summed E-state index contributed by atoms with van der Waals surface area (Å²) in [7, 11) is 0. The number of carbonyl (C=O) groups is 1. The normalized spacial score (nSPS) is 31.8. The van der Waals surface area contributed by atoms with Gasteiger partial charge >= 0.3 is 5.97 Å². The molecule has 1 N–H and O–H groups in total.